The lowest BCUT2D eigenvalue weighted by molar-refractivity contribution is 1.14. The summed E-state index contributed by atoms with van der Waals surface area (Å²) < 4.78 is 3.08. The van der Waals surface area contributed by atoms with Gasteiger partial charge in [0.25, 0.3) is 5.56 Å². The maximum Gasteiger partial charge on any atom is 0.273 e. The van der Waals surface area contributed by atoms with Crippen LogP contribution < -0.4 is 5.56 Å². The zero-order valence-electron chi connectivity index (χ0n) is 7.18. The van der Waals surface area contributed by atoms with Gasteiger partial charge in [-0.3, -0.25) is 9.20 Å². The van der Waals surface area contributed by atoms with Gasteiger partial charge in [-0.2, -0.15) is 4.98 Å². The molecule has 3 aromatic rings. The molecule has 4 heteroatoms. The molecule has 0 unspecified atom stereocenters. The van der Waals surface area contributed by atoms with Crippen molar-refractivity contribution in [2.45, 2.75) is 0 Å². The maximum absolute atomic E-state index is 11.0. The van der Waals surface area contributed by atoms with Crippen molar-refractivity contribution in [3.63, 3.8) is 0 Å². The van der Waals surface area contributed by atoms with Gasteiger partial charge in [0.2, 0.25) is 0 Å². The minimum absolute atomic E-state index is 0.184. The van der Waals surface area contributed by atoms with E-state index >= 15 is 0 Å². The molecule has 3 rings (SSSR count). The van der Waals surface area contributed by atoms with E-state index in [0.29, 0.717) is 0 Å². The number of aromatic nitrogens is 2. The van der Waals surface area contributed by atoms with Gasteiger partial charge >= 0.3 is 0 Å². The van der Waals surface area contributed by atoms with Gasteiger partial charge in [-0.15, -0.1) is 0 Å². The maximum atomic E-state index is 11.0. The van der Waals surface area contributed by atoms with E-state index in [4.69, 9.17) is 0 Å². The normalized spacial score (nSPS) is 11.1. The van der Waals surface area contributed by atoms with Gasteiger partial charge in [0, 0.05) is 12.3 Å². The first kappa shape index (κ1) is 7.70. The molecule has 2 heterocycles. The summed E-state index contributed by atoms with van der Waals surface area (Å²) >= 11 is 1.53. The largest absolute Gasteiger partial charge is 0.292 e. The summed E-state index contributed by atoms with van der Waals surface area (Å²) in [6.45, 7) is 0. The van der Waals surface area contributed by atoms with Crippen LogP contribution in [0.1, 0.15) is 0 Å². The van der Waals surface area contributed by atoms with Crippen molar-refractivity contribution >= 4 is 26.5 Å². The second-order valence-electron chi connectivity index (χ2n) is 2.99. The molecule has 3 nitrogen and oxygen atoms in total. The van der Waals surface area contributed by atoms with E-state index in [1.165, 1.54) is 17.4 Å². The van der Waals surface area contributed by atoms with Crippen molar-refractivity contribution in [1.29, 1.82) is 0 Å². The first-order valence-electron chi connectivity index (χ1n) is 4.21. The standard InChI is InChI=1S/C10H6N2OS/c13-9-5-6-12-7-3-1-2-4-8(7)14-10(12)11-9/h1-6H. The third-order valence-electron chi connectivity index (χ3n) is 2.10. The fourth-order valence-electron chi connectivity index (χ4n) is 1.48. The van der Waals surface area contributed by atoms with Crippen LogP contribution in [0.15, 0.2) is 41.3 Å². The number of rotatable bonds is 0. The number of hydrogen-bond donors (Lipinski definition) is 0. The van der Waals surface area contributed by atoms with Crippen molar-refractivity contribution in [3.8, 4) is 0 Å². The molecule has 0 atom stereocenters. The van der Waals surface area contributed by atoms with E-state index in [0.717, 1.165) is 15.2 Å². The quantitative estimate of drug-likeness (QED) is 0.558. The molecule has 0 aliphatic rings. The van der Waals surface area contributed by atoms with Crippen LogP contribution in [0.4, 0.5) is 0 Å². The Hall–Kier alpha value is -1.68. The monoisotopic (exact) mass is 202 g/mol. The Balaban J connectivity index is 2.63. The summed E-state index contributed by atoms with van der Waals surface area (Å²) in [5, 5.41) is 0. The Labute approximate surface area is 83.3 Å². The number of fused-ring (bicyclic) bond motifs is 3. The van der Waals surface area contributed by atoms with Crippen LogP contribution in [0.5, 0.6) is 0 Å². The molecule has 0 fully saturated rings. The lowest BCUT2D eigenvalue weighted by Crippen LogP contribution is -2.04. The number of nitrogens with zero attached hydrogens (tertiary/aromatic N) is 2. The van der Waals surface area contributed by atoms with Gasteiger partial charge in [0.1, 0.15) is 0 Å². The molecule has 0 amide bonds. The van der Waals surface area contributed by atoms with Crippen LogP contribution >= 0.6 is 11.3 Å². The van der Waals surface area contributed by atoms with Crippen molar-refractivity contribution in [1.82, 2.24) is 9.38 Å². The topological polar surface area (TPSA) is 34.4 Å². The fraction of sp³-hybridized carbons (Fsp3) is 0. The van der Waals surface area contributed by atoms with Crippen LogP contribution in [0.25, 0.3) is 15.2 Å². The number of hydrogen-bond acceptors (Lipinski definition) is 3. The molecule has 0 saturated carbocycles. The molecule has 1 aromatic carbocycles. The minimum atomic E-state index is -0.184. The second-order valence-corrected chi connectivity index (χ2v) is 4.00. The van der Waals surface area contributed by atoms with E-state index in [2.05, 4.69) is 4.98 Å². The van der Waals surface area contributed by atoms with E-state index < -0.39 is 0 Å². The summed E-state index contributed by atoms with van der Waals surface area (Å²) in [5.41, 5.74) is 0.913. The SMILES string of the molecule is O=c1ccn2c(n1)sc1ccccc12. The Kier molecular flexibility index (Phi) is 1.46. The van der Waals surface area contributed by atoms with Gasteiger partial charge in [-0.25, -0.2) is 0 Å². The van der Waals surface area contributed by atoms with Crippen molar-refractivity contribution < 1.29 is 0 Å². The van der Waals surface area contributed by atoms with E-state index in [1.807, 2.05) is 28.7 Å². The van der Waals surface area contributed by atoms with Crippen LogP contribution in [0.3, 0.4) is 0 Å². The van der Waals surface area contributed by atoms with Gasteiger partial charge in [0.05, 0.1) is 10.2 Å². The van der Waals surface area contributed by atoms with Crippen LogP contribution in [0.2, 0.25) is 0 Å². The van der Waals surface area contributed by atoms with Gasteiger partial charge in [0.15, 0.2) is 4.96 Å². The Morgan fingerprint density at radius 1 is 1.21 bits per heavy atom. The van der Waals surface area contributed by atoms with E-state index in [1.54, 1.807) is 6.20 Å². The molecule has 2 aromatic heterocycles. The summed E-state index contributed by atoms with van der Waals surface area (Å²) in [7, 11) is 0. The molecule has 14 heavy (non-hydrogen) atoms. The highest BCUT2D eigenvalue weighted by Gasteiger charge is 2.02. The minimum Gasteiger partial charge on any atom is -0.292 e. The number of benzene rings is 1. The van der Waals surface area contributed by atoms with Gasteiger partial charge in [-0.1, -0.05) is 23.5 Å². The van der Waals surface area contributed by atoms with Gasteiger partial charge < -0.3 is 0 Å². The predicted octanol–water partition coefficient (Wildman–Crippen LogP) is 1.91. The first-order chi connectivity index (χ1) is 6.84. The third-order valence-corrected chi connectivity index (χ3v) is 3.14. The highest BCUT2D eigenvalue weighted by molar-refractivity contribution is 7.23. The highest BCUT2D eigenvalue weighted by atomic mass is 32.1. The molecule has 0 radical (unpaired) electrons. The molecule has 0 spiro atoms. The summed E-state index contributed by atoms with van der Waals surface area (Å²) in [5.74, 6) is 0. The number of thiazole rings is 1. The van der Waals surface area contributed by atoms with E-state index in [-0.39, 0.29) is 5.56 Å². The predicted molar refractivity (Wildman–Crippen MR) is 56.8 cm³/mol. The molecule has 0 aliphatic carbocycles. The van der Waals surface area contributed by atoms with Crippen LogP contribution in [-0.2, 0) is 0 Å². The third kappa shape index (κ3) is 0.975. The molecule has 0 aliphatic heterocycles. The number of para-hydroxylation sites is 1. The summed E-state index contributed by atoms with van der Waals surface area (Å²) in [6, 6.07) is 9.49. The average molecular weight is 202 g/mol. The fourth-order valence-corrected chi connectivity index (χ4v) is 2.49. The lowest BCUT2D eigenvalue weighted by Gasteiger charge is -1.91. The van der Waals surface area contributed by atoms with Crippen LogP contribution in [0, 0.1) is 0 Å². The lowest BCUT2D eigenvalue weighted by atomic mass is 10.3. The molecule has 0 N–H and O–H groups in total. The molecular formula is C10H6N2OS. The summed E-state index contributed by atoms with van der Waals surface area (Å²) in [6.07, 6.45) is 1.77. The first-order valence-corrected chi connectivity index (χ1v) is 5.03. The van der Waals surface area contributed by atoms with Crippen LogP contribution in [-0.4, -0.2) is 9.38 Å². The van der Waals surface area contributed by atoms with Gasteiger partial charge in [-0.05, 0) is 12.1 Å². The zero-order valence-corrected chi connectivity index (χ0v) is 7.99. The smallest absolute Gasteiger partial charge is 0.273 e. The molecule has 68 valence electrons. The van der Waals surface area contributed by atoms with E-state index in [9.17, 15) is 4.79 Å². The Morgan fingerprint density at radius 3 is 3.00 bits per heavy atom. The summed E-state index contributed by atoms with van der Waals surface area (Å²) in [4.78, 5) is 15.7. The molecule has 0 saturated heterocycles. The molecule has 0 bridgehead atoms. The zero-order chi connectivity index (χ0) is 9.54. The highest BCUT2D eigenvalue weighted by Crippen LogP contribution is 2.23. The van der Waals surface area contributed by atoms with Crippen molar-refractivity contribution in [2.24, 2.45) is 0 Å². The average Bonchev–Trinajstić information content (AvgIpc) is 2.54. The second kappa shape index (κ2) is 2.65. The Bertz CT molecular complexity index is 668. The van der Waals surface area contributed by atoms with Crippen molar-refractivity contribution in [3.05, 3.63) is 46.9 Å². The van der Waals surface area contributed by atoms with Crippen molar-refractivity contribution in [2.75, 3.05) is 0 Å². The molecular weight excluding hydrogens is 196 g/mol. The Morgan fingerprint density at radius 2 is 2.07 bits per heavy atom.